The second kappa shape index (κ2) is 9.76. The van der Waals surface area contributed by atoms with Gasteiger partial charge in [-0.25, -0.2) is 8.42 Å². The Morgan fingerprint density at radius 2 is 1.78 bits per heavy atom. The van der Waals surface area contributed by atoms with E-state index in [9.17, 15) is 13.2 Å². The first-order valence-electron chi connectivity index (χ1n) is 10.4. The van der Waals surface area contributed by atoms with Gasteiger partial charge in [0.25, 0.3) is 5.91 Å². The number of carbonyl (C=O) groups is 1. The monoisotopic (exact) mass is 472 g/mol. The van der Waals surface area contributed by atoms with Crippen molar-refractivity contribution in [2.24, 2.45) is 0 Å². The molecular formula is C22H24N4O4S2. The maximum atomic E-state index is 13.2. The molecule has 1 amide bonds. The molecule has 2 aromatic carbocycles. The molecule has 1 N–H and O–H groups in total. The number of amides is 1. The second-order valence-corrected chi connectivity index (χ2v) is 10.0. The van der Waals surface area contributed by atoms with Crippen molar-refractivity contribution in [2.75, 3.05) is 25.5 Å². The van der Waals surface area contributed by atoms with Gasteiger partial charge in [0.2, 0.25) is 10.0 Å². The zero-order valence-corrected chi connectivity index (χ0v) is 19.3. The molecule has 0 spiro atoms. The van der Waals surface area contributed by atoms with E-state index in [1.807, 2.05) is 17.5 Å². The van der Waals surface area contributed by atoms with Gasteiger partial charge in [0.1, 0.15) is 11.4 Å². The number of nitrogens with one attached hydrogen (secondary N) is 1. The average molecular weight is 473 g/mol. The summed E-state index contributed by atoms with van der Waals surface area (Å²) in [5, 5.41) is 8.68. The van der Waals surface area contributed by atoms with Crippen molar-refractivity contribution in [1.29, 1.82) is 0 Å². The van der Waals surface area contributed by atoms with E-state index in [0.717, 1.165) is 36.9 Å². The molecule has 8 nitrogen and oxygen atoms in total. The summed E-state index contributed by atoms with van der Waals surface area (Å²) in [6, 6.07) is 11.6. The van der Waals surface area contributed by atoms with Crippen molar-refractivity contribution in [3.8, 4) is 17.0 Å². The normalized spacial score (nSPS) is 15.2. The molecule has 1 aliphatic heterocycles. The third-order valence-electron chi connectivity index (χ3n) is 5.42. The number of hydrogen-bond acceptors (Lipinski definition) is 7. The minimum Gasteiger partial charge on any atom is -0.496 e. The Balaban J connectivity index is 1.57. The van der Waals surface area contributed by atoms with Crippen LogP contribution in [0, 0.1) is 0 Å². The Morgan fingerprint density at radius 3 is 2.41 bits per heavy atom. The third kappa shape index (κ3) is 4.82. The highest BCUT2D eigenvalue weighted by Gasteiger charge is 2.27. The van der Waals surface area contributed by atoms with Crippen molar-refractivity contribution < 1.29 is 17.9 Å². The van der Waals surface area contributed by atoms with Gasteiger partial charge in [0.15, 0.2) is 0 Å². The quantitative estimate of drug-likeness (QED) is 0.581. The van der Waals surface area contributed by atoms with Gasteiger partial charge >= 0.3 is 0 Å². The Bertz CT molecular complexity index is 1170. The molecule has 1 aliphatic rings. The lowest BCUT2D eigenvalue weighted by molar-refractivity contribution is 0.102. The lowest BCUT2D eigenvalue weighted by Gasteiger charge is -2.20. The summed E-state index contributed by atoms with van der Waals surface area (Å²) < 4.78 is 37.0. The zero-order chi connectivity index (χ0) is 22.6. The Hall–Kier alpha value is -2.82. The SMILES string of the molecule is COc1ccc(S(=O)(=O)N2CCCCCC2)cc1C(=O)Nc1ccc(-c2csnn2)cc1. The molecule has 4 rings (SSSR count). The zero-order valence-electron chi connectivity index (χ0n) is 17.7. The van der Waals surface area contributed by atoms with Crippen molar-refractivity contribution in [3.05, 3.63) is 53.4 Å². The van der Waals surface area contributed by atoms with E-state index in [1.54, 1.807) is 12.1 Å². The summed E-state index contributed by atoms with van der Waals surface area (Å²) in [4.78, 5) is 13.1. The average Bonchev–Trinajstić information content (AvgIpc) is 3.20. The van der Waals surface area contributed by atoms with Gasteiger partial charge < -0.3 is 10.1 Å². The molecule has 168 valence electrons. The highest BCUT2D eigenvalue weighted by molar-refractivity contribution is 7.89. The van der Waals surface area contributed by atoms with Gasteiger partial charge in [-0.2, -0.15) is 4.31 Å². The number of anilines is 1. The summed E-state index contributed by atoms with van der Waals surface area (Å²) in [6.45, 7) is 0.994. The minimum atomic E-state index is -3.68. The van der Waals surface area contributed by atoms with Crippen LogP contribution in [0.5, 0.6) is 5.75 Å². The van der Waals surface area contributed by atoms with Crippen molar-refractivity contribution >= 4 is 33.2 Å². The molecule has 0 saturated carbocycles. The highest BCUT2D eigenvalue weighted by Crippen LogP contribution is 2.27. The fraction of sp³-hybridized carbons (Fsp3) is 0.318. The molecule has 0 radical (unpaired) electrons. The van der Waals surface area contributed by atoms with E-state index in [0.29, 0.717) is 24.5 Å². The predicted octanol–water partition coefficient (Wildman–Crippen LogP) is 4.03. The molecule has 2 heterocycles. The molecular weight excluding hydrogens is 448 g/mol. The standard InChI is InChI=1S/C22H24N4O4S2/c1-30-21-11-10-18(32(28,29)26-12-4-2-3-5-13-26)14-19(21)22(27)23-17-8-6-16(7-9-17)20-15-31-25-24-20/h6-11,14-15H,2-5,12-13H2,1H3,(H,23,27). The van der Waals surface area contributed by atoms with Crippen LogP contribution in [0.2, 0.25) is 0 Å². The van der Waals surface area contributed by atoms with Crippen LogP contribution in [0.3, 0.4) is 0 Å². The number of carbonyl (C=O) groups excluding carboxylic acids is 1. The topological polar surface area (TPSA) is 101 Å². The Morgan fingerprint density at radius 1 is 1.06 bits per heavy atom. The van der Waals surface area contributed by atoms with Crippen LogP contribution in [0.15, 0.2) is 52.7 Å². The number of ether oxygens (including phenoxy) is 1. The number of rotatable bonds is 6. The molecule has 3 aromatic rings. The lowest BCUT2D eigenvalue weighted by Crippen LogP contribution is -2.32. The van der Waals surface area contributed by atoms with Gasteiger partial charge in [-0.3, -0.25) is 4.79 Å². The third-order valence-corrected chi connectivity index (χ3v) is 7.82. The van der Waals surface area contributed by atoms with E-state index in [2.05, 4.69) is 14.9 Å². The van der Waals surface area contributed by atoms with Crippen LogP contribution in [-0.2, 0) is 10.0 Å². The van der Waals surface area contributed by atoms with Gasteiger partial charge in [-0.15, -0.1) is 5.10 Å². The fourth-order valence-corrected chi connectivity index (χ4v) is 5.68. The maximum Gasteiger partial charge on any atom is 0.259 e. The van der Waals surface area contributed by atoms with E-state index in [1.165, 1.54) is 41.1 Å². The van der Waals surface area contributed by atoms with Crippen LogP contribution in [0.4, 0.5) is 5.69 Å². The molecule has 0 bridgehead atoms. The predicted molar refractivity (Wildman–Crippen MR) is 124 cm³/mol. The number of aromatic nitrogens is 2. The van der Waals surface area contributed by atoms with Gasteiger partial charge in [0.05, 0.1) is 17.6 Å². The van der Waals surface area contributed by atoms with Crippen LogP contribution in [-0.4, -0.2) is 48.4 Å². The summed E-state index contributed by atoms with van der Waals surface area (Å²) in [5.41, 5.74) is 2.39. The van der Waals surface area contributed by atoms with E-state index in [-0.39, 0.29) is 10.5 Å². The molecule has 1 aromatic heterocycles. The summed E-state index contributed by atoms with van der Waals surface area (Å²) >= 11 is 1.27. The number of sulfonamides is 1. The summed E-state index contributed by atoms with van der Waals surface area (Å²) in [5.74, 6) is -0.139. The molecule has 1 saturated heterocycles. The van der Waals surface area contributed by atoms with Crippen molar-refractivity contribution in [3.63, 3.8) is 0 Å². The number of hydrogen-bond donors (Lipinski definition) is 1. The molecule has 32 heavy (non-hydrogen) atoms. The molecule has 1 fully saturated rings. The van der Waals surface area contributed by atoms with Crippen LogP contribution >= 0.6 is 11.5 Å². The molecule has 0 aliphatic carbocycles. The molecule has 0 unspecified atom stereocenters. The molecule has 0 atom stereocenters. The number of methoxy groups -OCH3 is 1. The van der Waals surface area contributed by atoms with E-state index in [4.69, 9.17) is 4.74 Å². The first kappa shape index (κ1) is 22.4. The first-order valence-corrected chi connectivity index (χ1v) is 12.6. The van der Waals surface area contributed by atoms with Gasteiger partial charge in [-0.05, 0) is 54.7 Å². The number of nitrogens with zero attached hydrogens (tertiary/aromatic N) is 3. The largest absolute Gasteiger partial charge is 0.496 e. The van der Waals surface area contributed by atoms with Crippen LogP contribution in [0.1, 0.15) is 36.0 Å². The molecule has 10 heteroatoms. The van der Waals surface area contributed by atoms with Crippen LogP contribution < -0.4 is 10.1 Å². The smallest absolute Gasteiger partial charge is 0.259 e. The van der Waals surface area contributed by atoms with Crippen molar-refractivity contribution in [2.45, 2.75) is 30.6 Å². The summed E-state index contributed by atoms with van der Waals surface area (Å²) in [7, 11) is -2.23. The van der Waals surface area contributed by atoms with Crippen molar-refractivity contribution in [1.82, 2.24) is 13.9 Å². The number of benzene rings is 2. The Labute approximate surface area is 191 Å². The maximum absolute atomic E-state index is 13.2. The van der Waals surface area contributed by atoms with Crippen LogP contribution in [0.25, 0.3) is 11.3 Å². The first-order chi connectivity index (χ1) is 15.5. The summed E-state index contributed by atoms with van der Waals surface area (Å²) in [6.07, 6.45) is 3.74. The Kier molecular flexibility index (Phi) is 6.83. The van der Waals surface area contributed by atoms with E-state index < -0.39 is 15.9 Å². The van der Waals surface area contributed by atoms with Gasteiger partial charge in [-0.1, -0.05) is 29.5 Å². The fourth-order valence-electron chi connectivity index (χ4n) is 3.67. The van der Waals surface area contributed by atoms with E-state index >= 15 is 0 Å². The highest BCUT2D eigenvalue weighted by atomic mass is 32.2. The lowest BCUT2D eigenvalue weighted by atomic mass is 10.1. The van der Waals surface area contributed by atoms with Gasteiger partial charge in [0, 0.05) is 29.7 Å². The minimum absolute atomic E-state index is 0.0942. The second-order valence-electron chi connectivity index (χ2n) is 7.50.